The molecule has 0 unspecified atom stereocenters. The van der Waals surface area contributed by atoms with E-state index >= 15 is 0 Å². The zero-order valence-electron chi connectivity index (χ0n) is 13.8. The van der Waals surface area contributed by atoms with Crippen molar-refractivity contribution in [1.29, 1.82) is 0 Å². The van der Waals surface area contributed by atoms with Crippen LogP contribution in [0.15, 0.2) is 22.7 Å². The van der Waals surface area contributed by atoms with E-state index in [2.05, 4.69) is 29.8 Å². The molecule has 1 aromatic rings. The summed E-state index contributed by atoms with van der Waals surface area (Å²) in [5.74, 6) is 1.37. The van der Waals surface area contributed by atoms with Gasteiger partial charge in [-0.2, -0.15) is 0 Å². The fraction of sp³-hybridized carbons (Fsp3) is 0.611. The van der Waals surface area contributed by atoms with Crippen LogP contribution in [0.4, 0.5) is 0 Å². The van der Waals surface area contributed by atoms with Crippen LogP contribution in [-0.2, 0) is 0 Å². The van der Waals surface area contributed by atoms with E-state index in [9.17, 15) is 4.79 Å². The first-order valence-corrected chi connectivity index (χ1v) is 8.98. The summed E-state index contributed by atoms with van der Waals surface area (Å²) in [6.45, 7) is 4.91. The lowest BCUT2D eigenvalue weighted by atomic mass is 9.94. The predicted octanol–water partition coefficient (Wildman–Crippen LogP) is 4.89. The molecule has 0 saturated heterocycles. The number of amides is 1. The van der Waals surface area contributed by atoms with Gasteiger partial charge >= 0.3 is 0 Å². The first-order valence-electron chi connectivity index (χ1n) is 8.18. The van der Waals surface area contributed by atoms with Crippen LogP contribution in [0, 0.1) is 5.92 Å². The van der Waals surface area contributed by atoms with Crippen molar-refractivity contribution in [1.82, 2.24) is 4.90 Å². The summed E-state index contributed by atoms with van der Waals surface area (Å²) in [4.78, 5) is 14.6. The summed E-state index contributed by atoms with van der Waals surface area (Å²) < 4.78 is 6.58. The molecule has 0 aliphatic heterocycles. The van der Waals surface area contributed by atoms with Gasteiger partial charge < -0.3 is 9.64 Å². The number of carbonyl (C=O) groups is 1. The summed E-state index contributed by atoms with van der Waals surface area (Å²) >= 11 is 3.51. The number of ether oxygens (including phenoxy) is 1. The number of nitrogens with zero attached hydrogens (tertiary/aromatic N) is 1. The highest BCUT2D eigenvalue weighted by atomic mass is 79.9. The van der Waals surface area contributed by atoms with Crippen LogP contribution in [0.3, 0.4) is 0 Å². The van der Waals surface area contributed by atoms with Gasteiger partial charge in [-0.15, -0.1) is 0 Å². The van der Waals surface area contributed by atoms with Gasteiger partial charge in [0.1, 0.15) is 5.75 Å². The second kappa shape index (κ2) is 8.00. The Morgan fingerprint density at radius 1 is 1.32 bits per heavy atom. The van der Waals surface area contributed by atoms with Gasteiger partial charge in [0.15, 0.2) is 0 Å². The van der Waals surface area contributed by atoms with Gasteiger partial charge in [-0.05, 0) is 52.9 Å². The lowest BCUT2D eigenvalue weighted by Crippen LogP contribution is -2.38. The van der Waals surface area contributed by atoms with Crippen LogP contribution >= 0.6 is 15.9 Å². The highest BCUT2D eigenvalue weighted by molar-refractivity contribution is 9.10. The van der Waals surface area contributed by atoms with Gasteiger partial charge in [0.05, 0.1) is 11.1 Å². The van der Waals surface area contributed by atoms with Crippen molar-refractivity contribution in [3.8, 4) is 5.75 Å². The Labute approximate surface area is 142 Å². The highest BCUT2D eigenvalue weighted by Gasteiger charge is 2.23. The number of halogens is 1. The molecule has 1 aliphatic rings. The first kappa shape index (κ1) is 17.3. The molecule has 0 spiro atoms. The lowest BCUT2D eigenvalue weighted by molar-refractivity contribution is 0.0696. The Hall–Kier alpha value is -1.03. The van der Waals surface area contributed by atoms with Crippen molar-refractivity contribution in [3.05, 3.63) is 28.2 Å². The average Bonchev–Trinajstić information content (AvgIpc) is 2.53. The zero-order valence-corrected chi connectivity index (χ0v) is 15.4. The van der Waals surface area contributed by atoms with Gasteiger partial charge in [0, 0.05) is 18.7 Å². The van der Waals surface area contributed by atoms with Gasteiger partial charge in [-0.3, -0.25) is 4.79 Å². The smallest absolute Gasteiger partial charge is 0.253 e. The summed E-state index contributed by atoms with van der Waals surface area (Å²) in [6, 6.07) is 6.00. The van der Waals surface area contributed by atoms with Gasteiger partial charge in [0.2, 0.25) is 0 Å². The Bertz CT molecular complexity index is 510. The van der Waals surface area contributed by atoms with Gasteiger partial charge in [-0.1, -0.05) is 33.1 Å². The number of hydrogen-bond donors (Lipinski definition) is 0. The molecule has 2 rings (SSSR count). The topological polar surface area (TPSA) is 29.5 Å². The maximum absolute atomic E-state index is 12.6. The molecular formula is C18H26BrNO2. The minimum absolute atomic E-state index is 0.100. The molecule has 1 aromatic carbocycles. The molecule has 0 radical (unpaired) electrons. The maximum atomic E-state index is 12.6. The van der Waals surface area contributed by atoms with E-state index in [4.69, 9.17) is 4.74 Å². The van der Waals surface area contributed by atoms with E-state index in [0.29, 0.717) is 18.6 Å². The summed E-state index contributed by atoms with van der Waals surface area (Å²) in [6.07, 6.45) is 6.01. The third kappa shape index (κ3) is 4.48. The molecule has 0 aromatic heterocycles. The lowest BCUT2D eigenvalue weighted by Gasteiger charge is -2.31. The number of carbonyl (C=O) groups excluding carboxylic acids is 1. The van der Waals surface area contributed by atoms with E-state index in [1.165, 1.54) is 19.3 Å². The molecule has 3 nitrogen and oxygen atoms in total. The van der Waals surface area contributed by atoms with Crippen LogP contribution < -0.4 is 4.74 Å². The Morgan fingerprint density at radius 2 is 2.00 bits per heavy atom. The standard InChI is InChI=1S/C18H26BrNO2/c1-13(2)12-22-17-10-9-14(11-16(17)19)18(21)20(3)15-7-5-4-6-8-15/h9-11,13,15H,4-8,12H2,1-3H3. The van der Waals surface area contributed by atoms with Crippen molar-refractivity contribution in [2.24, 2.45) is 5.92 Å². The number of hydrogen-bond acceptors (Lipinski definition) is 2. The first-order chi connectivity index (χ1) is 10.5. The number of rotatable bonds is 5. The fourth-order valence-electron chi connectivity index (χ4n) is 2.85. The highest BCUT2D eigenvalue weighted by Crippen LogP contribution is 2.28. The van der Waals surface area contributed by atoms with E-state index < -0.39 is 0 Å². The Balaban J connectivity index is 2.04. The number of benzene rings is 1. The molecular weight excluding hydrogens is 342 g/mol. The molecule has 0 heterocycles. The SMILES string of the molecule is CC(C)COc1ccc(C(=O)N(C)C2CCCCC2)cc1Br. The molecule has 0 N–H and O–H groups in total. The summed E-state index contributed by atoms with van der Waals surface area (Å²) in [5, 5.41) is 0. The molecule has 1 amide bonds. The quantitative estimate of drug-likeness (QED) is 0.741. The second-order valence-corrected chi connectivity index (χ2v) is 7.41. The normalized spacial score (nSPS) is 15.9. The van der Waals surface area contributed by atoms with Crippen LogP contribution in [0.25, 0.3) is 0 Å². The molecule has 0 atom stereocenters. The minimum Gasteiger partial charge on any atom is -0.492 e. The molecule has 4 heteroatoms. The van der Waals surface area contributed by atoms with E-state index in [-0.39, 0.29) is 5.91 Å². The van der Waals surface area contributed by atoms with E-state index in [0.717, 1.165) is 28.6 Å². The van der Waals surface area contributed by atoms with Gasteiger partial charge in [-0.25, -0.2) is 0 Å². The zero-order chi connectivity index (χ0) is 16.1. The van der Waals surface area contributed by atoms with Crippen LogP contribution in [0.5, 0.6) is 5.75 Å². The van der Waals surface area contributed by atoms with E-state index in [1.807, 2.05) is 30.1 Å². The second-order valence-electron chi connectivity index (χ2n) is 6.56. The van der Waals surface area contributed by atoms with Crippen molar-refractivity contribution < 1.29 is 9.53 Å². The predicted molar refractivity (Wildman–Crippen MR) is 93.4 cm³/mol. The minimum atomic E-state index is 0.100. The molecule has 1 saturated carbocycles. The Morgan fingerprint density at radius 3 is 2.59 bits per heavy atom. The average molecular weight is 368 g/mol. The summed E-state index contributed by atoms with van der Waals surface area (Å²) in [7, 11) is 1.93. The monoisotopic (exact) mass is 367 g/mol. The van der Waals surface area contributed by atoms with Gasteiger partial charge in [0.25, 0.3) is 5.91 Å². The molecule has 22 heavy (non-hydrogen) atoms. The molecule has 0 bridgehead atoms. The van der Waals surface area contributed by atoms with Crippen molar-refractivity contribution in [3.63, 3.8) is 0 Å². The fourth-order valence-corrected chi connectivity index (χ4v) is 3.34. The van der Waals surface area contributed by atoms with Crippen LogP contribution in [0.1, 0.15) is 56.3 Å². The van der Waals surface area contributed by atoms with Crippen LogP contribution in [0.2, 0.25) is 0 Å². The molecule has 1 aliphatic carbocycles. The van der Waals surface area contributed by atoms with Crippen LogP contribution in [-0.4, -0.2) is 30.5 Å². The molecule has 1 fully saturated rings. The van der Waals surface area contributed by atoms with Crippen molar-refractivity contribution in [2.75, 3.05) is 13.7 Å². The molecule has 122 valence electrons. The van der Waals surface area contributed by atoms with Crippen molar-refractivity contribution >= 4 is 21.8 Å². The maximum Gasteiger partial charge on any atom is 0.253 e. The third-order valence-corrected chi connectivity index (χ3v) is 4.81. The Kier molecular flexibility index (Phi) is 6.30. The van der Waals surface area contributed by atoms with E-state index in [1.54, 1.807) is 0 Å². The largest absolute Gasteiger partial charge is 0.492 e. The third-order valence-electron chi connectivity index (χ3n) is 4.19. The van der Waals surface area contributed by atoms with Crippen molar-refractivity contribution in [2.45, 2.75) is 52.0 Å². The summed E-state index contributed by atoms with van der Waals surface area (Å²) in [5.41, 5.74) is 0.719.